The maximum atomic E-state index is 12.1. The Balaban J connectivity index is 2.19. The molecule has 0 saturated carbocycles. The third kappa shape index (κ3) is 5.58. The van der Waals surface area contributed by atoms with Gasteiger partial charge in [-0.25, -0.2) is 4.79 Å². The van der Waals surface area contributed by atoms with E-state index in [0.29, 0.717) is 23.7 Å². The largest absolute Gasteiger partial charge is 0.462 e. The Morgan fingerprint density at radius 1 is 1.19 bits per heavy atom. The summed E-state index contributed by atoms with van der Waals surface area (Å²) in [6, 6.07) is 12.1. The molecule has 0 unspecified atom stereocenters. The van der Waals surface area contributed by atoms with Crippen LogP contribution in [0.3, 0.4) is 0 Å². The summed E-state index contributed by atoms with van der Waals surface area (Å²) in [7, 11) is 0. The molecule has 6 heteroatoms. The van der Waals surface area contributed by atoms with Crippen molar-refractivity contribution in [3.63, 3.8) is 0 Å². The second kappa shape index (κ2) is 8.37. The molecule has 27 heavy (non-hydrogen) atoms. The lowest BCUT2D eigenvalue weighted by molar-refractivity contribution is -0.118. The zero-order valence-electron chi connectivity index (χ0n) is 15.8. The Labute approximate surface area is 158 Å². The van der Waals surface area contributed by atoms with Gasteiger partial charge in [-0.15, -0.1) is 0 Å². The van der Waals surface area contributed by atoms with Crippen LogP contribution in [0.25, 0.3) is 17.4 Å². The number of nitrogens with one attached hydrogen (secondary N) is 1. The molecule has 140 valence electrons. The third-order valence-corrected chi connectivity index (χ3v) is 3.45. The Hall–Kier alpha value is -3.33. The Kier molecular flexibility index (Phi) is 6.19. The zero-order valence-corrected chi connectivity index (χ0v) is 15.8. The molecule has 1 amide bonds. The van der Waals surface area contributed by atoms with Gasteiger partial charge in [0.2, 0.25) is 0 Å². The van der Waals surface area contributed by atoms with E-state index in [1.165, 1.54) is 6.08 Å². The minimum atomic E-state index is -0.457. The molecule has 2 aromatic rings. The minimum Gasteiger partial charge on any atom is -0.462 e. The van der Waals surface area contributed by atoms with Crippen LogP contribution in [-0.2, 0) is 9.53 Å². The van der Waals surface area contributed by atoms with Gasteiger partial charge in [0.05, 0.1) is 12.2 Å². The molecule has 0 atom stereocenters. The number of rotatable bonds is 5. The third-order valence-electron chi connectivity index (χ3n) is 3.45. The molecule has 0 radical (unpaired) electrons. The normalized spacial score (nSPS) is 11.6. The summed E-state index contributed by atoms with van der Waals surface area (Å²) in [5.41, 5.74) is 0.740. The van der Waals surface area contributed by atoms with Gasteiger partial charge in [-0.1, -0.05) is 12.1 Å². The molecule has 0 saturated heterocycles. The van der Waals surface area contributed by atoms with Gasteiger partial charge in [-0.3, -0.25) is 4.79 Å². The average molecular weight is 366 g/mol. The molecule has 6 nitrogen and oxygen atoms in total. The van der Waals surface area contributed by atoms with Gasteiger partial charge in [0.1, 0.15) is 23.2 Å². The molecule has 0 spiro atoms. The number of amides is 1. The number of benzene rings is 1. The van der Waals surface area contributed by atoms with E-state index in [1.807, 2.05) is 26.8 Å². The molecule has 1 heterocycles. The van der Waals surface area contributed by atoms with Crippen molar-refractivity contribution in [3.05, 3.63) is 53.3 Å². The highest BCUT2D eigenvalue weighted by atomic mass is 16.5. The lowest BCUT2D eigenvalue weighted by Gasteiger charge is -2.19. The van der Waals surface area contributed by atoms with Crippen molar-refractivity contribution in [2.45, 2.75) is 33.2 Å². The van der Waals surface area contributed by atoms with Crippen LogP contribution in [0, 0.1) is 11.3 Å². The Bertz CT molecular complexity index is 893. The van der Waals surface area contributed by atoms with Crippen molar-refractivity contribution >= 4 is 18.0 Å². The fraction of sp³-hybridized carbons (Fsp3) is 0.286. The van der Waals surface area contributed by atoms with Crippen molar-refractivity contribution in [2.24, 2.45) is 0 Å². The monoisotopic (exact) mass is 366 g/mol. The van der Waals surface area contributed by atoms with Crippen molar-refractivity contribution in [1.82, 2.24) is 5.32 Å². The van der Waals surface area contributed by atoms with Gasteiger partial charge >= 0.3 is 5.97 Å². The molecule has 2 rings (SSSR count). The fourth-order valence-electron chi connectivity index (χ4n) is 2.27. The molecule has 0 aliphatic rings. The number of nitrogens with zero attached hydrogens (tertiary/aromatic N) is 1. The van der Waals surface area contributed by atoms with E-state index in [1.54, 1.807) is 43.3 Å². The fourth-order valence-corrected chi connectivity index (χ4v) is 2.27. The highest BCUT2D eigenvalue weighted by molar-refractivity contribution is 6.01. The first-order valence-electron chi connectivity index (χ1n) is 8.55. The number of hydrogen-bond acceptors (Lipinski definition) is 5. The van der Waals surface area contributed by atoms with Crippen LogP contribution in [0.4, 0.5) is 0 Å². The summed E-state index contributed by atoms with van der Waals surface area (Å²) in [5, 5.41) is 12.0. The standard InChI is InChI=1S/C21H22N2O4/c1-5-26-20(25)15-8-6-14(7-9-15)18-11-10-17(27-18)12-16(13-22)19(24)23-21(2,3)4/h6-12H,5H2,1-4H3,(H,23,24). The maximum Gasteiger partial charge on any atom is 0.338 e. The van der Waals surface area contributed by atoms with Gasteiger partial charge < -0.3 is 14.5 Å². The molecule has 0 aliphatic heterocycles. The Morgan fingerprint density at radius 3 is 2.41 bits per heavy atom. The number of nitriles is 1. The predicted octanol–water partition coefficient (Wildman–Crippen LogP) is 3.94. The summed E-state index contributed by atoms with van der Waals surface area (Å²) < 4.78 is 10.7. The van der Waals surface area contributed by atoms with Crippen molar-refractivity contribution in [1.29, 1.82) is 5.26 Å². The van der Waals surface area contributed by atoms with Crippen molar-refractivity contribution < 1.29 is 18.7 Å². The van der Waals surface area contributed by atoms with Gasteiger partial charge in [-0.2, -0.15) is 5.26 Å². The summed E-state index contributed by atoms with van der Waals surface area (Å²) in [5.74, 6) is 0.114. The summed E-state index contributed by atoms with van der Waals surface area (Å²) in [6.07, 6.45) is 1.40. The van der Waals surface area contributed by atoms with Gasteiger partial charge in [0.25, 0.3) is 5.91 Å². The minimum absolute atomic E-state index is 0.0384. The number of ether oxygens (including phenoxy) is 1. The van der Waals surface area contributed by atoms with E-state index < -0.39 is 11.4 Å². The Morgan fingerprint density at radius 2 is 1.85 bits per heavy atom. The van der Waals surface area contributed by atoms with Crippen LogP contribution in [0.2, 0.25) is 0 Å². The van der Waals surface area contributed by atoms with Crippen LogP contribution < -0.4 is 5.32 Å². The summed E-state index contributed by atoms with van der Waals surface area (Å²) in [4.78, 5) is 23.8. The highest BCUT2D eigenvalue weighted by Crippen LogP contribution is 2.24. The predicted molar refractivity (Wildman–Crippen MR) is 102 cm³/mol. The van der Waals surface area contributed by atoms with Crippen LogP contribution in [-0.4, -0.2) is 24.0 Å². The molecule has 0 fully saturated rings. The molecule has 1 aromatic carbocycles. The van der Waals surface area contributed by atoms with Crippen LogP contribution in [0.1, 0.15) is 43.8 Å². The summed E-state index contributed by atoms with van der Waals surface area (Å²) in [6.45, 7) is 7.58. The van der Waals surface area contributed by atoms with E-state index in [9.17, 15) is 14.9 Å². The SMILES string of the molecule is CCOC(=O)c1ccc(-c2ccc(C=C(C#N)C(=O)NC(C)(C)C)o2)cc1. The lowest BCUT2D eigenvalue weighted by atomic mass is 10.1. The molecular weight excluding hydrogens is 344 g/mol. The van der Waals surface area contributed by atoms with E-state index in [2.05, 4.69) is 5.32 Å². The van der Waals surface area contributed by atoms with E-state index in [-0.39, 0.29) is 11.5 Å². The highest BCUT2D eigenvalue weighted by Gasteiger charge is 2.18. The first kappa shape index (κ1) is 20.0. The first-order valence-corrected chi connectivity index (χ1v) is 8.55. The second-order valence-corrected chi connectivity index (χ2v) is 6.87. The molecule has 1 N–H and O–H groups in total. The van der Waals surface area contributed by atoms with E-state index in [0.717, 1.165) is 5.56 Å². The number of carbonyl (C=O) groups is 2. The molecule has 1 aromatic heterocycles. The van der Waals surface area contributed by atoms with E-state index >= 15 is 0 Å². The topological polar surface area (TPSA) is 92.3 Å². The van der Waals surface area contributed by atoms with E-state index in [4.69, 9.17) is 9.15 Å². The lowest BCUT2D eigenvalue weighted by Crippen LogP contribution is -2.41. The molecule has 0 aliphatic carbocycles. The number of carbonyl (C=O) groups excluding carboxylic acids is 2. The van der Waals surface area contributed by atoms with Gasteiger partial charge in [0.15, 0.2) is 0 Å². The quantitative estimate of drug-likeness (QED) is 0.491. The smallest absolute Gasteiger partial charge is 0.338 e. The van der Waals surface area contributed by atoms with Crippen molar-refractivity contribution in [2.75, 3.05) is 6.61 Å². The zero-order chi connectivity index (χ0) is 20.0. The maximum absolute atomic E-state index is 12.1. The number of furan rings is 1. The first-order chi connectivity index (χ1) is 12.7. The van der Waals surface area contributed by atoms with Gasteiger partial charge in [-0.05, 0) is 52.0 Å². The second-order valence-electron chi connectivity index (χ2n) is 6.87. The van der Waals surface area contributed by atoms with Crippen LogP contribution >= 0.6 is 0 Å². The van der Waals surface area contributed by atoms with Crippen molar-refractivity contribution in [3.8, 4) is 17.4 Å². The molecule has 0 bridgehead atoms. The number of hydrogen-bond donors (Lipinski definition) is 1. The van der Waals surface area contributed by atoms with Crippen LogP contribution in [0.5, 0.6) is 0 Å². The number of esters is 1. The summed E-state index contributed by atoms with van der Waals surface area (Å²) >= 11 is 0. The van der Waals surface area contributed by atoms with Crippen LogP contribution in [0.15, 0.2) is 46.4 Å². The molecular formula is C21H22N2O4. The van der Waals surface area contributed by atoms with Gasteiger partial charge in [0, 0.05) is 17.2 Å². The average Bonchev–Trinajstić information content (AvgIpc) is 3.07.